The summed E-state index contributed by atoms with van der Waals surface area (Å²) in [6.07, 6.45) is 0. The normalized spacial score (nSPS) is 11.9. The zero-order valence-corrected chi connectivity index (χ0v) is 14.9. The second-order valence-electron chi connectivity index (χ2n) is 5.29. The minimum atomic E-state index is -4.59. The fourth-order valence-corrected chi connectivity index (χ4v) is 2.85. The molecule has 0 heterocycles. The first-order valence-electron chi connectivity index (χ1n) is 7.28. The van der Waals surface area contributed by atoms with Gasteiger partial charge in [0.05, 0.1) is 6.54 Å². The largest absolute Gasteiger partial charge is 0.483 e. The van der Waals surface area contributed by atoms with Gasteiger partial charge in [-0.3, -0.25) is 9.36 Å². The Bertz CT molecular complexity index is 826. The highest BCUT2D eigenvalue weighted by atomic mass is 35.5. The predicted molar refractivity (Wildman–Crippen MR) is 92.0 cm³/mol. The quantitative estimate of drug-likeness (QED) is 0.615. The molecule has 0 spiro atoms. The Morgan fingerprint density at radius 3 is 2.38 bits per heavy atom. The number of amides is 1. The highest BCUT2D eigenvalue weighted by Gasteiger charge is 2.32. The summed E-state index contributed by atoms with van der Waals surface area (Å²) in [7, 11) is -4.59. The lowest BCUT2D eigenvalue weighted by molar-refractivity contribution is -0.125. The molecule has 2 aromatic carbocycles. The fraction of sp³-hybridized carbons (Fsp3) is 0.188. The molecule has 0 atom stereocenters. The van der Waals surface area contributed by atoms with E-state index in [0.29, 0.717) is 5.02 Å². The number of hydrogen-bond donors (Lipinski definition) is 3. The molecular weight excluding hydrogens is 391 g/mol. The van der Waals surface area contributed by atoms with E-state index < -0.39 is 32.6 Å². The first kappa shape index (κ1) is 20.3. The molecule has 0 aliphatic rings. The average molecular weight is 406 g/mol. The first-order valence-corrected chi connectivity index (χ1v) is 9.27. The van der Waals surface area contributed by atoms with Gasteiger partial charge < -0.3 is 19.8 Å². The van der Waals surface area contributed by atoms with Gasteiger partial charge in [-0.15, -0.1) is 0 Å². The van der Waals surface area contributed by atoms with E-state index >= 15 is 0 Å². The number of para-hydroxylation sites is 1. The summed E-state index contributed by atoms with van der Waals surface area (Å²) in [5, 5.41) is 1.94. The third-order valence-corrected chi connectivity index (χ3v) is 4.56. The summed E-state index contributed by atoms with van der Waals surface area (Å²) in [6, 6.07) is 10.2. The Balaban J connectivity index is 1.94. The van der Waals surface area contributed by atoms with E-state index in [4.69, 9.17) is 16.3 Å². The van der Waals surface area contributed by atoms with Crippen LogP contribution in [0.25, 0.3) is 0 Å². The molecule has 0 aliphatic carbocycles. The summed E-state index contributed by atoms with van der Waals surface area (Å²) in [5.74, 6) is -4.37. The van der Waals surface area contributed by atoms with E-state index in [1.54, 1.807) is 0 Å². The van der Waals surface area contributed by atoms with Gasteiger partial charge in [-0.25, -0.2) is 0 Å². The van der Waals surface area contributed by atoms with Crippen molar-refractivity contribution in [2.45, 2.75) is 5.92 Å². The number of carbonyl (C=O) groups excluding carboxylic acids is 1. The van der Waals surface area contributed by atoms with Gasteiger partial charge in [0.25, 0.3) is 11.8 Å². The third-order valence-electron chi connectivity index (χ3n) is 3.31. The molecule has 0 radical (unpaired) electrons. The van der Waals surface area contributed by atoms with Crippen LogP contribution in [0.5, 0.6) is 5.75 Å². The Labute approximate surface area is 152 Å². The molecule has 10 heteroatoms. The number of rotatable bonds is 7. The maximum absolute atomic E-state index is 14.0. The van der Waals surface area contributed by atoms with Crippen LogP contribution in [0.15, 0.2) is 48.5 Å². The van der Waals surface area contributed by atoms with Gasteiger partial charge in [-0.05, 0) is 24.3 Å². The second-order valence-corrected chi connectivity index (χ2v) is 7.29. The minimum Gasteiger partial charge on any atom is -0.483 e. The Morgan fingerprint density at radius 1 is 1.15 bits per heavy atom. The van der Waals surface area contributed by atoms with Crippen molar-refractivity contribution in [1.82, 2.24) is 5.32 Å². The Kier molecular flexibility index (Phi) is 6.36. The smallest absolute Gasteiger partial charge is 0.359 e. The number of carbonyl (C=O) groups is 1. The molecule has 0 aromatic heterocycles. The van der Waals surface area contributed by atoms with Crippen LogP contribution in [-0.4, -0.2) is 28.8 Å². The lowest BCUT2D eigenvalue weighted by Gasteiger charge is -2.18. The van der Waals surface area contributed by atoms with Gasteiger partial charge in [-0.1, -0.05) is 35.9 Å². The van der Waals surface area contributed by atoms with Gasteiger partial charge in [-0.2, -0.15) is 8.78 Å². The molecule has 0 fully saturated rings. The molecule has 140 valence electrons. The molecule has 2 aromatic rings. The molecule has 2 rings (SSSR count). The second kappa shape index (κ2) is 8.14. The summed E-state index contributed by atoms with van der Waals surface area (Å²) in [5.41, 5.74) is -0.310. The molecule has 0 bridgehead atoms. The van der Waals surface area contributed by atoms with Gasteiger partial charge in [0, 0.05) is 10.6 Å². The van der Waals surface area contributed by atoms with E-state index in [2.05, 4.69) is 0 Å². The van der Waals surface area contributed by atoms with Crippen LogP contribution in [0.4, 0.5) is 8.78 Å². The molecule has 0 unspecified atom stereocenters. The fourth-order valence-electron chi connectivity index (χ4n) is 2.02. The van der Waals surface area contributed by atoms with Crippen molar-refractivity contribution in [2.75, 3.05) is 13.2 Å². The maximum atomic E-state index is 14.0. The predicted octanol–water partition coefficient (Wildman–Crippen LogP) is 2.43. The van der Waals surface area contributed by atoms with Crippen LogP contribution in [0.2, 0.25) is 5.02 Å². The number of alkyl halides is 2. The SMILES string of the molecule is O=C(COc1ccccc1P(=O)(O)O)NCC(F)(F)c1ccc(Cl)cc1. The van der Waals surface area contributed by atoms with Crippen molar-refractivity contribution < 1.29 is 32.7 Å². The van der Waals surface area contributed by atoms with E-state index in [1.165, 1.54) is 30.3 Å². The molecule has 26 heavy (non-hydrogen) atoms. The van der Waals surface area contributed by atoms with Crippen molar-refractivity contribution in [2.24, 2.45) is 0 Å². The molecule has 6 nitrogen and oxygen atoms in total. The number of ether oxygens (including phenoxy) is 1. The lowest BCUT2D eigenvalue weighted by Crippen LogP contribution is -2.37. The highest BCUT2D eigenvalue weighted by molar-refractivity contribution is 7.60. The van der Waals surface area contributed by atoms with Crippen molar-refractivity contribution in [1.29, 1.82) is 0 Å². The van der Waals surface area contributed by atoms with Crippen molar-refractivity contribution in [3.05, 3.63) is 59.1 Å². The van der Waals surface area contributed by atoms with Crippen LogP contribution in [-0.2, 0) is 15.3 Å². The Hall–Kier alpha value is -1.99. The Morgan fingerprint density at radius 2 is 1.77 bits per heavy atom. The lowest BCUT2D eigenvalue weighted by atomic mass is 10.1. The summed E-state index contributed by atoms with van der Waals surface area (Å²) < 4.78 is 44.4. The summed E-state index contributed by atoms with van der Waals surface area (Å²) >= 11 is 5.65. The van der Waals surface area contributed by atoms with Gasteiger partial charge in [0.2, 0.25) is 0 Å². The van der Waals surface area contributed by atoms with Crippen LogP contribution >= 0.6 is 19.2 Å². The average Bonchev–Trinajstić information content (AvgIpc) is 2.58. The van der Waals surface area contributed by atoms with Crippen LogP contribution in [0, 0.1) is 0 Å². The molecular formula is C16H15ClF2NO5P. The van der Waals surface area contributed by atoms with Crippen LogP contribution in [0.1, 0.15) is 5.56 Å². The van der Waals surface area contributed by atoms with Gasteiger partial charge >= 0.3 is 7.60 Å². The monoisotopic (exact) mass is 405 g/mol. The van der Waals surface area contributed by atoms with E-state index in [0.717, 1.165) is 18.2 Å². The molecule has 0 aliphatic heterocycles. The summed E-state index contributed by atoms with van der Waals surface area (Å²) in [4.78, 5) is 30.2. The van der Waals surface area contributed by atoms with Crippen LogP contribution < -0.4 is 15.4 Å². The third kappa shape index (κ3) is 5.51. The topological polar surface area (TPSA) is 95.9 Å². The zero-order valence-electron chi connectivity index (χ0n) is 13.2. The van der Waals surface area contributed by atoms with E-state index in [-0.39, 0.29) is 16.6 Å². The minimum absolute atomic E-state index is 0.194. The molecule has 0 saturated carbocycles. The number of nitrogens with one attached hydrogen (secondary N) is 1. The summed E-state index contributed by atoms with van der Waals surface area (Å²) in [6.45, 7) is -1.63. The van der Waals surface area contributed by atoms with E-state index in [9.17, 15) is 27.9 Å². The van der Waals surface area contributed by atoms with Crippen molar-refractivity contribution >= 4 is 30.4 Å². The molecule has 0 saturated heterocycles. The zero-order chi connectivity index (χ0) is 19.4. The van der Waals surface area contributed by atoms with Crippen molar-refractivity contribution in [3.8, 4) is 5.75 Å². The van der Waals surface area contributed by atoms with Gasteiger partial charge in [0.1, 0.15) is 11.1 Å². The van der Waals surface area contributed by atoms with Crippen LogP contribution in [0.3, 0.4) is 0 Å². The molecule has 1 amide bonds. The highest BCUT2D eigenvalue weighted by Crippen LogP contribution is 2.37. The number of hydrogen-bond acceptors (Lipinski definition) is 3. The van der Waals surface area contributed by atoms with Gasteiger partial charge in [0.15, 0.2) is 6.61 Å². The number of halogens is 3. The van der Waals surface area contributed by atoms with Crippen molar-refractivity contribution in [3.63, 3.8) is 0 Å². The first-order chi connectivity index (χ1) is 12.1. The standard InChI is InChI=1S/C16H15ClF2NO5P/c17-12-7-5-11(6-8-12)16(18,19)10-20-15(21)9-25-13-3-1-2-4-14(13)26(22,23)24/h1-8H,9-10H2,(H,20,21)(H2,22,23,24). The number of benzene rings is 2. The van der Waals surface area contributed by atoms with E-state index in [1.807, 2.05) is 5.32 Å². The maximum Gasteiger partial charge on any atom is 0.359 e. The molecule has 3 N–H and O–H groups in total.